The van der Waals surface area contributed by atoms with E-state index in [1.165, 1.54) is 24.4 Å². The van der Waals surface area contributed by atoms with Gasteiger partial charge in [-0.05, 0) is 19.1 Å². The molecule has 0 atom stereocenters. The average Bonchev–Trinajstić information content (AvgIpc) is 2.70. The summed E-state index contributed by atoms with van der Waals surface area (Å²) in [5.41, 5.74) is -0.248. The molecule has 2 heterocycles. The van der Waals surface area contributed by atoms with E-state index in [0.717, 1.165) is 0 Å². The monoisotopic (exact) mass is 296 g/mol. The predicted molar refractivity (Wildman–Crippen MR) is 69.9 cm³/mol. The van der Waals surface area contributed by atoms with Crippen molar-refractivity contribution in [3.63, 3.8) is 0 Å². The van der Waals surface area contributed by atoms with Crippen LogP contribution in [-0.4, -0.2) is 34.0 Å². The molecule has 0 aromatic carbocycles. The van der Waals surface area contributed by atoms with Crippen molar-refractivity contribution in [2.75, 3.05) is 4.72 Å². The lowest BCUT2D eigenvalue weighted by molar-refractivity contribution is 0.0690. The summed E-state index contributed by atoms with van der Waals surface area (Å²) >= 11 is 0. The van der Waals surface area contributed by atoms with Gasteiger partial charge in [0.05, 0.1) is 0 Å². The number of aryl methyl sites for hydroxylation is 2. The Labute approximate surface area is 115 Å². The second kappa shape index (κ2) is 4.93. The van der Waals surface area contributed by atoms with E-state index in [-0.39, 0.29) is 16.5 Å². The summed E-state index contributed by atoms with van der Waals surface area (Å²) in [7, 11) is -2.22. The number of nitrogens with one attached hydrogen (secondary N) is 1. The van der Waals surface area contributed by atoms with E-state index in [1.54, 1.807) is 18.5 Å². The zero-order chi connectivity index (χ0) is 14.9. The van der Waals surface area contributed by atoms with Crippen LogP contribution in [0.3, 0.4) is 0 Å². The third kappa shape index (κ3) is 2.77. The van der Waals surface area contributed by atoms with E-state index in [4.69, 9.17) is 5.11 Å². The van der Waals surface area contributed by atoms with Crippen molar-refractivity contribution in [1.82, 2.24) is 14.5 Å². The van der Waals surface area contributed by atoms with Crippen LogP contribution in [0.2, 0.25) is 0 Å². The van der Waals surface area contributed by atoms with Gasteiger partial charge in [-0.1, -0.05) is 6.07 Å². The quantitative estimate of drug-likeness (QED) is 0.855. The molecular weight excluding hydrogens is 284 g/mol. The summed E-state index contributed by atoms with van der Waals surface area (Å²) in [4.78, 5) is 18.4. The van der Waals surface area contributed by atoms with E-state index in [2.05, 4.69) is 14.7 Å². The van der Waals surface area contributed by atoms with E-state index in [9.17, 15) is 13.2 Å². The van der Waals surface area contributed by atoms with Crippen molar-refractivity contribution in [2.45, 2.75) is 11.9 Å². The number of aromatic carboxylic acids is 1. The lowest BCUT2D eigenvalue weighted by atomic mass is 10.3. The molecule has 0 aliphatic carbocycles. The molecule has 0 spiro atoms. The molecule has 2 aromatic rings. The Morgan fingerprint density at radius 3 is 2.60 bits per heavy atom. The SMILES string of the molecule is Cc1nc(S(=O)(=O)Nc2cccc(C(=O)O)n2)cn1C. The largest absolute Gasteiger partial charge is 0.477 e. The van der Waals surface area contributed by atoms with Gasteiger partial charge in [0, 0.05) is 13.2 Å². The number of anilines is 1. The highest BCUT2D eigenvalue weighted by molar-refractivity contribution is 7.92. The average molecular weight is 296 g/mol. The first kappa shape index (κ1) is 14.0. The first-order valence-corrected chi connectivity index (χ1v) is 7.01. The van der Waals surface area contributed by atoms with Gasteiger partial charge in [-0.2, -0.15) is 8.42 Å². The van der Waals surface area contributed by atoms with Crippen LogP contribution < -0.4 is 4.72 Å². The Hall–Kier alpha value is -2.42. The minimum atomic E-state index is -3.89. The number of rotatable bonds is 4. The molecule has 0 aliphatic rings. The highest BCUT2D eigenvalue weighted by Crippen LogP contribution is 2.14. The maximum Gasteiger partial charge on any atom is 0.354 e. The second-order valence-corrected chi connectivity index (χ2v) is 5.69. The minimum absolute atomic E-state index is 0.0757. The molecule has 2 aromatic heterocycles. The Morgan fingerprint density at radius 1 is 1.35 bits per heavy atom. The molecule has 0 unspecified atom stereocenters. The molecular formula is C11H12N4O4S. The van der Waals surface area contributed by atoms with Crippen molar-refractivity contribution in [2.24, 2.45) is 7.05 Å². The molecule has 0 radical (unpaired) electrons. The molecule has 0 saturated heterocycles. The zero-order valence-corrected chi connectivity index (χ0v) is 11.5. The Morgan fingerprint density at radius 2 is 2.05 bits per heavy atom. The summed E-state index contributed by atoms with van der Waals surface area (Å²) in [5.74, 6) is -0.773. The van der Waals surface area contributed by atoms with E-state index in [1.807, 2.05) is 0 Å². The number of hydrogen-bond donors (Lipinski definition) is 2. The van der Waals surface area contributed by atoms with Gasteiger partial charge < -0.3 is 9.67 Å². The van der Waals surface area contributed by atoms with Crippen LogP contribution in [0.5, 0.6) is 0 Å². The number of aromatic nitrogens is 3. The molecule has 8 nitrogen and oxygen atoms in total. The smallest absolute Gasteiger partial charge is 0.354 e. The molecule has 2 rings (SSSR count). The van der Waals surface area contributed by atoms with Crippen LogP contribution in [0.4, 0.5) is 5.82 Å². The van der Waals surface area contributed by atoms with Gasteiger partial charge in [0.2, 0.25) is 0 Å². The molecule has 20 heavy (non-hydrogen) atoms. The molecule has 0 amide bonds. The summed E-state index contributed by atoms with van der Waals surface area (Å²) in [6, 6.07) is 4.03. The molecule has 0 fully saturated rings. The number of carbonyl (C=O) groups is 1. The van der Waals surface area contributed by atoms with Crippen LogP contribution in [0.25, 0.3) is 0 Å². The topological polar surface area (TPSA) is 114 Å². The van der Waals surface area contributed by atoms with Crippen molar-refractivity contribution >= 4 is 21.8 Å². The second-order valence-electron chi connectivity index (χ2n) is 4.06. The van der Waals surface area contributed by atoms with Crippen molar-refractivity contribution < 1.29 is 18.3 Å². The van der Waals surface area contributed by atoms with Crippen LogP contribution in [0.1, 0.15) is 16.3 Å². The van der Waals surface area contributed by atoms with Gasteiger partial charge in [-0.15, -0.1) is 0 Å². The Bertz CT molecular complexity index is 747. The number of sulfonamides is 1. The fourth-order valence-corrected chi connectivity index (χ4v) is 2.50. The number of hydrogen-bond acceptors (Lipinski definition) is 5. The molecule has 0 bridgehead atoms. The van der Waals surface area contributed by atoms with E-state index in [0.29, 0.717) is 5.82 Å². The molecule has 0 saturated carbocycles. The Balaban J connectivity index is 2.33. The number of carboxylic acid groups (broad SMARTS) is 1. The first-order chi connectivity index (χ1) is 9.29. The number of pyridine rings is 1. The molecule has 0 aliphatic heterocycles. The van der Waals surface area contributed by atoms with Crippen LogP contribution in [0.15, 0.2) is 29.4 Å². The van der Waals surface area contributed by atoms with Crippen molar-refractivity contribution in [1.29, 1.82) is 0 Å². The van der Waals surface area contributed by atoms with Crippen LogP contribution >= 0.6 is 0 Å². The third-order valence-electron chi connectivity index (χ3n) is 2.57. The van der Waals surface area contributed by atoms with Gasteiger partial charge in [0.1, 0.15) is 11.6 Å². The van der Waals surface area contributed by atoms with Gasteiger partial charge in [0.25, 0.3) is 10.0 Å². The number of nitrogens with zero attached hydrogens (tertiary/aromatic N) is 3. The highest BCUT2D eigenvalue weighted by Gasteiger charge is 2.19. The third-order valence-corrected chi connectivity index (χ3v) is 3.79. The maximum absolute atomic E-state index is 12.1. The van der Waals surface area contributed by atoms with Crippen LogP contribution in [-0.2, 0) is 17.1 Å². The van der Waals surface area contributed by atoms with Gasteiger partial charge in [0.15, 0.2) is 10.7 Å². The lowest BCUT2D eigenvalue weighted by Crippen LogP contribution is -2.15. The summed E-state index contributed by atoms with van der Waals surface area (Å²) in [5, 5.41) is 8.66. The molecule has 9 heteroatoms. The Kier molecular flexibility index (Phi) is 3.45. The number of carboxylic acids is 1. The summed E-state index contributed by atoms with van der Waals surface area (Å²) in [6.07, 6.45) is 1.36. The lowest BCUT2D eigenvalue weighted by Gasteiger charge is -2.05. The molecule has 106 valence electrons. The summed E-state index contributed by atoms with van der Waals surface area (Å²) < 4.78 is 27.9. The molecule has 2 N–H and O–H groups in total. The van der Waals surface area contributed by atoms with E-state index < -0.39 is 16.0 Å². The van der Waals surface area contributed by atoms with Gasteiger partial charge in [-0.25, -0.2) is 14.8 Å². The highest BCUT2D eigenvalue weighted by atomic mass is 32.2. The number of imidazole rings is 1. The fourth-order valence-electron chi connectivity index (χ4n) is 1.46. The first-order valence-electron chi connectivity index (χ1n) is 5.53. The van der Waals surface area contributed by atoms with Crippen LogP contribution in [0, 0.1) is 6.92 Å². The van der Waals surface area contributed by atoms with Gasteiger partial charge in [-0.3, -0.25) is 4.72 Å². The zero-order valence-electron chi connectivity index (χ0n) is 10.7. The summed E-state index contributed by atoms with van der Waals surface area (Å²) in [6.45, 7) is 1.67. The van der Waals surface area contributed by atoms with Crippen molar-refractivity contribution in [3.8, 4) is 0 Å². The van der Waals surface area contributed by atoms with Crippen molar-refractivity contribution in [3.05, 3.63) is 35.9 Å². The normalized spacial score (nSPS) is 11.3. The predicted octanol–water partition coefficient (Wildman–Crippen LogP) is 0.623. The van der Waals surface area contributed by atoms with E-state index >= 15 is 0 Å². The van der Waals surface area contributed by atoms with Gasteiger partial charge >= 0.3 is 5.97 Å². The maximum atomic E-state index is 12.1. The fraction of sp³-hybridized carbons (Fsp3) is 0.182. The minimum Gasteiger partial charge on any atom is -0.477 e. The standard InChI is InChI=1S/C11H12N4O4S/c1-7-12-10(6-15(7)2)20(18,19)14-9-5-3-4-8(13-9)11(16)17/h3-6H,1-2H3,(H,13,14)(H,16,17).